The van der Waals surface area contributed by atoms with Crippen LogP contribution in [0.1, 0.15) is 5.56 Å². The molecule has 0 aliphatic rings. The maximum absolute atomic E-state index is 12.6. The maximum Gasteiger partial charge on any atom is 0.159 e. The Balaban J connectivity index is 2.89. The zero-order valence-corrected chi connectivity index (χ0v) is 6.43. The number of hydrogen-bond acceptors (Lipinski definition) is 1. The number of rotatable bonds is 2. The lowest BCUT2D eigenvalue weighted by molar-refractivity contribution is 0.508. The highest BCUT2D eigenvalue weighted by molar-refractivity contribution is 5.49. The van der Waals surface area contributed by atoms with Crippen molar-refractivity contribution in [1.29, 1.82) is 0 Å². The predicted molar refractivity (Wildman–Crippen MR) is 44.4 cm³/mol. The van der Waals surface area contributed by atoms with Crippen LogP contribution in [0.4, 0.5) is 8.78 Å². The minimum absolute atomic E-state index is 0.388. The second kappa shape index (κ2) is 3.97. The summed E-state index contributed by atoms with van der Waals surface area (Å²) in [4.78, 5) is 0. The van der Waals surface area contributed by atoms with Gasteiger partial charge in [-0.25, -0.2) is 8.78 Å². The molecule has 1 aromatic rings. The summed E-state index contributed by atoms with van der Waals surface area (Å²) < 4.78 is 25.0. The van der Waals surface area contributed by atoms with E-state index in [4.69, 9.17) is 5.73 Å². The summed E-state index contributed by atoms with van der Waals surface area (Å²) in [5.41, 5.74) is 5.80. The lowest BCUT2D eigenvalue weighted by Gasteiger charge is -1.94. The summed E-state index contributed by atoms with van der Waals surface area (Å²) in [6.45, 7) is 0.388. The van der Waals surface area contributed by atoms with Crippen LogP contribution < -0.4 is 5.73 Å². The molecule has 0 unspecified atom stereocenters. The van der Waals surface area contributed by atoms with Gasteiger partial charge in [0.05, 0.1) is 0 Å². The first kappa shape index (κ1) is 8.87. The SMILES string of the molecule is NC/C=C/c1ccc(F)c(F)c1. The van der Waals surface area contributed by atoms with Gasteiger partial charge in [-0.05, 0) is 17.7 Å². The van der Waals surface area contributed by atoms with Crippen LogP contribution in [0, 0.1) is 11.6 Å². The molecule has 1 rings (SSSR count). The van der Waals surface area contributed by atoms with Gasteiger partial charge in [-0.15, -0.1) is 0 Å². The Morgan fingerprint density at radius 2 is 2.00 bits per heavy atom. The van der Waals surface area contributed by atoms with Gasteiger partial charge >= 0.3 is 0 Å². The van der Waals surface area contributed by atoms with Gasteiger partial charge in [0.2, 0.25) is 0 Å². The normalized spacial score (nSPS) is 10.9. The molecule has 0 spiro atoms. The van der Waals surface area contributed by atoms with Crippen LogP contribution >= 0.6 is 0 Å². The van der Waals surface area contributed by atoms with Crippen molar-refractivity contribution >= 4 is 6.08 Å². The summed E-state index contributed by atoms with van der Waals surface area (Å²) in [6, 6.07) is 3.71. The van der Waals surface area contributed by atoms with E-state index in [1.54, 1.807) is 12.2 Å². The maximum atomic E-state index is 12.6. The van der Waals surface area contributed by atoms with E-state index in [9.17, 15) is 8.78 Å². The Labute approximate surface area is 69.5 Å². The Morgan fingerprint density at radius 3 is 2.58 bits per heavy atom. The van der Waals surface area contributed by atoms with Gasteiger partial charge in [-0.1, -0.05) is 18.2 Å². The Morgan fingerprint density at radius 1 is 1.25 bits per heavy atom. The highest BCUT2D eigenvalue weighted by atomic mass is 19.2. The largest absolute Gasteiger partial charge is 0.327 e. The zero-order valence-electron chi connectivity index (χ0n) is 6.43. The minimum Gasteiger partial charge on any atom is -0.327 e. The van der Waals surface area contributed by atoms with Crippen molar-refractivity contribution in [2.45, 2.75) is 0 Å². The second-order valence-electron chi connectivity index (χ2n) is 2.31. The third-order valence-electron chi connectivity index (χ3n) is 1.39. The first-order chi connectivity index (χ1) is 5.74. The van der Waals surface area contributed by atoms with E-state index in [1.165, 1.54) is 6.07 Å². The van der Waals surface area contributed by atoms with Gasteiger partial charge in [0.25, 0.3) is 0 Å². The molecule has 0 saturated heterocycles. The van der Waals surface area contributed by atoms with Gasteiger partial charge in [-0.3, -0.25) is 0 Å². The quantitative estimate of drug-likeness (QED) is 0.719. The lowest BCUT2D eigenvalue weighted by atomic mass is 10.2. The fourth-order valence-corrected chi connectivity index (χ4v) is 0.820. The lowest BCUT2D eigenvalue weighted by Crippen LogP contribution is -1.92. The first-order valence-electron chi connectivity index (χ1n) is 3.55. The van der Waals surface area contributed by atoms with E-state index in [-0.39, 0.29) is 0 Å². The summed E-state index contributed by atoms with van der Waals surface area (Å²) in [7, 11) is 0. The van der Waals surface area contributed by atoms with E-state index in [2.05, 4.69) is 0 Å². The molecule has 0 amide bonds. The number of benzene rings is 1. The molecule has 0 aliphatic carbocycles. The van der Waals surface area contributed by atoms with E-state index in [1.807, 2.05) is 0 Å². The summed E-state index contributed by atoms with van der Waals surface area (Å²) >= 11 is 0. The van der Waals surface area contributed by atoms with Crippen molar-refractivity contribution in [2.24, 2.45) is 5.73 Å². The molecule has 0 saturated carbocycles. The summed E-state index contributed by atoms with van der Waals surface area (Å²) in [5.74, 6) is -1.67. The van der Waals surface area contributed by atoms with Gasteiger partial charge in [0.15, 0.2) is 11.6 Å². The van der Waals surface area contributed by atoms with Crippen molar-refractivity contribution < 1.29 is 8.78 Å². The Kier molecular flexibility index (Phi) is 2.94. The van der Waals surface area contributed by atoms with Crippen molar-refractivity contribution in [3.05, 3.63) is 41.5 Å². The molecule has 0 radical (unpaired) electrons. The molecule has 1 nitrogen and oxygen atoms in total. The third-order valence-corrected chi connectivity index (χ3v) is 1.39. The first-order valence-corrected chi connectivity index (χ1v) is 3.55. The van der Waals surface area contributed by atoms with Gasteiger partial charge in [0.1, 0.15) is 0 Å². The van der Waals surface area contributed by atoms with E-state index in [0.29, 0.717) is 12.1 Å². The molecule has 0 aliphatic heterocycles. The average molecular weight is 169 g/mol. The monoisotopic (exact) mass is 169 g/mol. The average Bonchev–Trinajstić information content (AvgIpc) is 2.07. The molecule has 0 fully saturated rings. The summed E-state index contributed by atoms with van der Waals surface area (Å²) in [6.07, 6.45) is 3.31. The molecule has 0 aromatic heterocycles. The van der Waals surface area contributed by atoms with Crippen LogP contribution in [0.25, 0.3) is 6.08 Å². The van der Waals surface area contributed by atoms with E-state index >= 15 is 0 Å². The van der Waals surface area contributed by atoms with Gasteiger partial charge in [-0.2, -0.15) is 0 Å². The predicted octanol–water partition coefficient (Wildman–Crippen LogP) is 1.94. The van der Waals surface area contributed by atoms with Crippen LogP contribution in [-0.2, 0) is 0 Å². The Hall–Kier alpha value is -1.22. The van der Waals surface area contributed by atoms with Crippen molar-refractivity contribution in [3.8, 4) is 0 Å². The number of nitrogens with two attached hydrogens (primary N) is 1. The van der Waals surface area contributed by atoms with Crippen molar-refractivity contribution in [1.82, 2.24) is 0 Å². The van der Waals surface area contributed by atoms with E-state index < -0.39 is 11.6 Å². The Bertz CT molecular complexity index is 295. The molecule has 0 bridgehead atoms. The standard InChI is InChI=1S/C9H9F2N/c10-8-4-3-7(2-1-5-12)6-9(8)11/h1-4,6H,5,12H2/b2-1+. The topological polar surface area (TPSA) is 26.0 Å². The van der Waals surface area contributed by atoms with E-state index in [0.717, 1.165) is 12.1 Å². The smallest absolute Gasteiger partial charge is 0.159 e. The third kappa shape index (κ3) is 2.13. The van der Waals surface area contributed by atoms with Gasteiger partial charge < -0.3 is 5.73 Å². The molecule has 64 valence electrons. The zero-order chi connectivity index (χ0) is 8.97. The molecule has 0 heterocycles. The highest BCUT2D eigenvalue weighted by Gasteiger charge is 1.99. The fraction of sp³-hybridized carbons (Fsp3) is 0.111. The van der Waals surface area contributed by atoms with Crippen LogP contribution in [0.15, 0.2) is 24.3 Å². The molecule has 3 heteroatoms. The molecule has 2 N–H and O–H groups in total. The number of halogens is 2. The minimum atomic E-state index is -0.839. The van der Waals surface area contributed by atoms with Gasteiger partial charge in [0, 0.05) is 6.54 Å². The number of hydrogen-bond donors (Lipinski definition) is 1. The molecular formula is C9H9F2N. The van der Waals surface area contributed by atoms with Crippen LogP contribution in [0.5, 0.6) is 0 Å². The van der Waals surface area contributed by atoms with Crippen molar-refractivity contribution in [3.63, 3.8) is 0 Å². The highest BCUT2D eigenvalue weighted by Crippen LogP contribution is 2.09. The van der Waals surface area contributed by atoms with Crippen molar-refractivity contribution in [2.75, 3.05) is 6.54 Å². The molecule has 12 heavy (non-hydrogen) atoms. The summed E-state index contributed by atoms with van der Waals surface area (Å²) in [5, 5.41) is 0. The molecule has 1 aromatic carbocycles. The fourth-order valence-electron chi connectivity index (χ4n) is 0.820. The van der Waals surface area contributed by atoms with Crippen LogP contribution in [-0.4, -0.2) is 6.54 Å². The second-order valence-corrected chi connectivity index (χ2v) is 2.31. The molecular weight excluding hydrogens is 160 g/mol. The van der Waals surface area contributed by atoms with Crippen LogP contribution in [0.3, 0.4) is 0 Å². The molecule has 0 atom stereocenters. The van der Waals surface area contributed by atoms with Crippen LogP contribution in [0.2, 0.25) is 0 Å².